The van der Waals surface area contributed by atoms with E-state index in [0.29, 0.717) is 16.7 Å². The summed E-state index contributed by atoms with van der Waals surface area (Å²) in [6.07, 6.45) is -0.412. The molecule has 0 aromatic heterocycles. The molecule has 0 spiro atoms. The topological polar surface area (TPSA) is 9.23 Å². The summed E-state index contributed by atoms with van der Waals surface area (Å²) in [4.78, 5) is 0. The lowest BCUT2D eigenvalue weighted by Gasteiger charge is -2.15. The van der Waals surface area contributed by atoms with Gasteiger partial charge in [0, 0.05) is 5.56 Å². The number of alkyl halides is 4. The number of hydrogen-bond donors (Lipinski definition) is 0. The van der Waals surface area contributed by atoms with Crippen molar-refractivity contribution in [3.8, 4) is 16.9 Å². The SMILES string of the molecule is C=Cc1cc(C(F)(F)F)c(/C=C/c2cccc(-c3ccccc3)c2CF)cc1OC. The fraction of sp³-hybridized carbons (Fsp3) is 0.120. The quantitative estimate of drug-likeness (QED) is 0.298. The highest BCUT2D eigenvalue weighted by Gasteiger charge is 2.33. The van der Waals surface area contributed by atoms with Crippen LogP contribution in [0.4, 0.5) is 17.6 Å². The Kier molecular flexibility index (Phi) is 6.40. The summed E-state index contributed by atoms with van der Waals surface area (Å²) in [5.74, 6) is 0.279. The standard InChI is InChI=1S/C25H20F4O/c1-3-17-14-23(25(27,28)29)20(15-24(17)30-2)13-12-19-10-7-11-21(22(19)16-26)18-8-5-4-6-9-18/h3-15H,1,16H2,2H3/b13-12+. The summed E-state index contributed by atoms with van der Waals surface area (Å²) >= 11 is 0. The van der Waals surface area contributed by atoms with Crippen molar-refractivity contribution in [3.63, 3.8) is 0 Å². The molecule has 0 saturated heterocycles. The number of methoxy groups -OCH3 is 1. The van der Waals surface area contributed by atoms with E-state index in [1.807, 2.05) is 30.3 Å². The van der Waals surface area contributed by atoms with Gasteiger partial charge in [-0.3, -0.25) is 0 Å². The first kappa shape index (κ1) is 21.4. The number of benzene rings is 3. The normalized spacial score (nSPS) is 11.6. The van der Waals surface area contributed by atoms with Crippen LogP contribution in [0, 0.1) is 0 Å². The zero-order valence-corrected chi connectivity index (χ0v) is 16.3. The van der Waals surface area contributed by atoms with Gasteiger partial charge >= 0.3 is 6.18 Å². The van der Waals surface area contributed by atoms with Crippen molar-refractivity contribution < 1.29 is 22.3 Å². The Morgan fingerprint density at radius 3 is 2.20 bits per heavy atom. The van der Waals surface area contributed by atoms with Crippen LogP contribution in [0.2, 0.25) is 0 Å². The average Bonchev–Trinajstić information content (AvgIpc) is 2.76. The third-order valence-corrected chi connectivity index (χ3v) is 4.80. The third kappa shape index (κ3) is 4.46. The Bertz CT molecular complexity index is 1070. The summed E-state index contributed by atoms with van der Waals surface area (Å²) in [6, 6.07) is 16.8. The molecule has 0 N–H and O–H groups in total. The summed E-state index contributed by atoms with van der Waals surface area (Å²) in [5.41, 5.74) is 1.85. The van der Waals surface area contributed by atoms with Gasteiger partial charge in [0.25, 0.3) is 0 Å². The van der Waals surface area contributed by atoms with E-state index in [9.17, 15) is 17.6 Å². The van der Waals surface area contributed by atoms with Gasteiger partial charge in [-0.1, -0.05) is 73.3 Å². The van der Waals surface area contributed by atoms with E-state index in [1.54, 1.807) is 18.2 Å². The molecule has 0 amide bonds. The van der Waals surface area contributed by atoms with E-state index < -0.39 is 18.4 Å². The lowest BCUT2D eigenvalue weighted by atomic mass is 9.95. The van der Waals surface area contributed by atoms with Gasteiger partial charge in [0.05, 0.1) is 12.7 Å². The van der Waals surface area contributed by atoms with E-state index in [-0.39, 0.29) is 16.9 Å². The molecule has 0 bridgehead atoms. The van der Waals surface area contributed by atoms with Crippen LogP contribution >= 0.6 is 0 Å². The highest BCUT2D eigenvalue weighted by Crippen LogP contribution is 2.37. The van der Waals surface area contributed by atoms with Gasteiger partial charge in [-0.05, 0) is 39.9 Å². The van der Waals surface area contributed by atoms with Gasteiger partial charge in [-0.15, -0.1) is 0 Å². The summed E-state index contributed by atoms with van der Waals surface area (Å²) in [7, 11) is 1.38. The molecule has 0 radical (unpaired) electrons. The summed E-state index contributed by atoms with van der Waals surface area (Å²) in [5, 5.41) is 0. The molecule has 0 atom stereocenters. The molecule has 3 aromatic carbocycles. The summed E-state index contributed by atoms with van der Waals surface area (Å²) in [6.45, 7) is 2.80. The smallest absolute Gasteiger partial charge is 0.417 e. The monoisotopic (exact) mass is 412 g/mol. The molecular weight excluding hydrogens is 392 g/mol. The minimum atomic E-state index is -4.56. The molecule has 0 aliphatic heterocycles. The lowest BCUT2D eigenvalue weighted by Crippen LogP contribution is -2.08. The maximum atomic E-state index is 13.9. The molecule has 0 aliphatic carbocycles. The van der Waals surface area contributed by atoms with E-state index in [4.69, 9.17) is 4.74 Å². The minimum Gasteiger partial charge on any atom is -0.496 e. The van der Waals surface area contributed by atoms with Crippen molar-refractivity contribution in [2.75, 3.05) is 7.11 Å². The maximum absolute atomic E-state index is 13.9. The maximum Gasteiger partial charge on any atom is 0.417 e. The Labute approximate surface area is 172 Å². The van der Waals surface area contributed by atoms with Crippen LogP contribution in [-0.4, -0.2) is 7.11 Å². The predicted molar refractivity (Wildman–Crippen MR) is 114 cm³/mol. The first-order valence-corrected chi connectivity index (χ1v) is 9.22. The zero-order valence-electron chi connectivity index (χ0n) is 16.3. The third-order valence-electron chi connectivity index (χ3n) is 4.80. The van der Waals surface area contributed by atoms with E-state index in [2.05, 4.69) is 6.58 Å². The molecule has 154 valence electrons. The second kappa shape index (κ2) is 8.99. The van der Waals surface area contributed by atoms with Crippen LogP contribution in [-0.2, 0) is 12.9 Å². The molecule has 3 rings (SSSR count). The molecule has 0 saturated carbocycles. The number of ether oxygens (including phenoxy) is 1. The molecule has 0 fully saturated rings. The Morgan fingerprint density at radius 2 is 1.60 bits per heavy atom. The van der Waals surface area contributed by atoms with Crippen molar-refractivity contribution in [1.82, 2.24) is 0 Å². The summed E-state index contributed by atoms with van der Waals surface area (Å²) < 4.78 is 59.8. The van der Waals surface area contributed by atoms with E-state index in [0.717, 1.165) is 11.6 Å². The second-order valence-electron chi connectivity index (χ2n) is 6.59. The minimum absolute atomic E-state index is 0.0696. The largest absolute Gasteiger partial charge is 0.496 e. The highest BCUT2D eigenvalue weighted by molar-refractivity contribution is 5.79. The van der Waals surface area contributed by atoms with Crippen LogP contribution in [0.15, 0.2) is 67.2 Å². The van der Waals surface area contributed by atoms with Crippen LogP contribution < -0.4 is 4.74 Å². The molecule has 0 aliphatic rings. The second-order valence-corrected chi connectivity index (χ2v) is 6.59. The van der Waals surface area contributed by atoms with Crippen molar-refractivity contribution >= 4 is 18.2 Å². The fourth-order valence-corrected chi connectivity index (χ4v) is 3.31. The van der Waals surface area contributed by atoms with Gasteiger partial charge in [-0.2, -0.15) is 13.2 Å². The number of hydrogen-bond acceptors (Lipinski definition) is 1. The van der Waals surface area contributed by atoms with Crippen LogP contribution in [0.5, 0.6) is 5.75 Å². The molecular formula is C25H20F4O. The molecule has 5 heteroatoms. The lowest BCUT2D eigenvalue weighted by molar-refractivity contribution is -0.137. The molecule has 3 aromatic rings. The molecule has 0 heterocycles. The van der Waals surface area contributed by atoms with Gasteiger partial charge < -0.3 is 4.74 Å². The van der Waals surface area contributed by atoms with Gasteiger partial charge in [0.1, 0.15) is 12.4 Å². The predicted octanol–water partition coefficient (Wildman–Crippen LogP) is 7.66. The van der Waals surface area contributed by atoms with Crippen LogP contribution in [0.3, 0.4) is 0 Å². The van der Waals surface area contributed by atoms with Crippen LogP contribution in [0.1, 0.15) is 27.8 Å². The zero-order chi connectivity index (χ0) is 21.7. The van der Waals surface area contributed by atoms with E-state index in [1.165, 1.54) is 31.4 Å². The average molecular weight is 412 g/mol. The van der Waals surface area contributed by atoms with Crippen LogP contribution in [0.25, 0.3) is 29.4 Å². The van der Waals surface area contributed by atoms with Crippen molar-refractivity contribution in [3.05, 3.63) is 95.1 Å². The Balaban J connectivity index is 2.11. The number of halogens is 4. The van der Waals surface area contributed by atoms with Gasteiger partial charge in [0.2, 0.25) is 0 Å². The van der Waals surface area contributed by atoms with Crippen molar-refractivity contribution in [2.24, 2.45) is 0 Å². The fourth-order valence-electron chi connectivity index (χ4n) is 3.31. The first-order valence-electron chi connectivity index (χ1n) is 9.22. The highest BCUT2D eigenvalue weighted by atomic mass is 19.4. The van der Waals surface area contributed by atoms with Gasteiger partial charge in [0.15, 0.2) is 0 Å². The Hall–Kier alpha value is -3.34. The molecule has 30 heavy (non-hydrogen) atoms. The van der Waals surface area contributed by atoms with E-state index >= 15 is 0 Å². The first-order chi connectivity index (χ1) is 14.4. The van der Waals surface area contributed by atoms with Crippen molar-refractivity contribution in [1.29, 1.82) is 0 Å². The molecule has 0 unspecified atom stereocenters. The number of rotatable bonds is 6. The molecule has 1 nitrogen and oxygen atoms in total. The van der Waals surface area contributed by atoms with Crippen molar-refractivity contribution in [2.45, 2.75) is 12.9 Å². The van der Waals surface area contributed by atoms with Gasteiger partial charge in [-0.25, -0.2) is 4.39 Å². The Morgan fingerprint density at radius 1 is 0.900 bits per heavy atom.